The number of nitrogens with zero attached hydrogens (tertiary/aromatic N) is 3. The van der Waals surface area contributed by atoms with Crippen LogP contribution in [0.1, 0.15) is 72.6 Å². The van der Waals surface area contributed by atoms with Gasteiger partial charge in [-0.2, -0.15) is 13.2 Å². The summed E-state index contributed by atoms with van der Waals surface area (Å²) in [5.74, 6) is 2.16. The number of aromatic nitrogens is 2. The van der Waals surface area contributed by atoms with E-state index >= 15 is 0 Å². The summed E-state index contributed by atoms with van der Waals surface area (Å²) in [6, 6.07) is 5.94. The van der Waals surface area contributed by atoms with Gasteiger partial charge in [0.2, 0.25) is 5.91 Å². The number of halogens is 3. The summed E-state index contributed by atoms with van der Waals surface area (Å²) in [5.41, 5.74) is 7.43. The Balaban J connectivity index is 1.71. The monoisotopic (exact) mass is 543 g/mol. The fourth-order valence-corrected chi connectivity index (χ4v) is 5.70. The van der Waals surface area contributed by atoms with E-state index in [-0.39, 0.29) is 29.0 Å². The highest BCUT2D eigenvalue weighted by atomic mass is 19.4. The molecule has 0 saturated heterocycles. The highest BCUT2D eigenvalue weighted by molar-refractivity contribution is 5.91. The van der Waals surface area contributed by atoms with Crippen molar-refractivity contribution in [3.05, 3.63) is 52.3 Å². The minimum absolute atomic E-state index is 0.0231. The minimum atomic E-state index is -4.51. The lowest BCUT2D eigenvalue weighted by Crippen LogP contribution is -2.32. The molecule has 4 rings (SSSR count). The topological polar surface area (TPSA) is 93.4 Å². The average molecular weight is 544 g/mol. The second kappa shape index (κ2) is 10.9. The first-order chi connectivity index (χ1) is 18.3. The van der Waals surface area contributed by atoms with E-state index in [0.29, 0.717) is 22.7 Å². The molecule has 0 bridgehead atoms. The number of carbonyl (C=O) groups excluding carboxylic acids is 1. The third kappa shape index (κ3) is 5.89. The predicted molar refractivity (Wildman–Crippen MR) is 147 cm³/mol. The zero-order chi connectivity index (χ0) is 28.6. The summed E-state index contributed by atoms with van der Waals surface area (Å²) in [5, 5.41) is 4.08. The van der Waals surface area contributed by atoms with Crippen LogP contribution in [-0.4, -0.2) is 42.0 Å². The zero-order valence-electron chi connectivity index (χ0n) is 23.2. The van der Waals surface area contributed by atoms with Crippen LogP contribution in [0.5, 0.6) is 5.75 Å². The molecule has 1 saturated carbocycles. The average Bonchev–Trinajstić information content (AvgIpc) is 2.87. The summed E-state index contributed by atoms with van der Waals surface area (Å²) in [4.78, 5) is 23.3. The Morgan fingerprint density at radius 1 is 1.10 bits per heavy atom. The summed E-state index contributed by atoms with van der Waals surface area (Å²) >= 11 is 0. The van der Waals surface area contributed by atoms with Gasteiger partial charge in [-0.25, -0.2) is 9.97 Å². The van der Waals surface area contributed by atoms with E-state index in [1.54, 1.807) is 46.0 Å². The number of benzene rings is 2. The fourth-order valence-electron chi connectivity index (χ4n) is 5.70. The molecule has 0 unspecified atom stereocenters. The Kier molecular flexibility index (Phi) is 7.95. The first-order valence-electron chi connectivity index (χ1n) is 13.1. The lowest BCUT2D eigenvalue weighted by Gasteiger charge is -2.30. The van der Waals surface area contributed by atoms with E-state index in [4.69, 9.17) is 10.5 Å². The quantitative estimate of drug-likeness (QED) is 0.350. The van der Waals surface area contributed by atoms with Gasteiger partial charge in [-0.3, -0.25) is 4.79 Å². The molecule has 1 aliphatic carbocycles. The van der Waals surface area contributed by atoms with Crippen molar-refractivity contribution in [3.63, 3.8) is 0 Å². The molecule has 210 valence electrons. The van der Waals surface area contributed by atoms with Gasteiger partial charge >= 0.3 is 6.18 Å². The van der Waals surface area contributed by atoms with Crippen molar-refractivity contribution in [1.82, 2.24) is 14.9 Å². The van der Waals surface area contributed by atoms with E-state index in [1.807, 2.05) is 12.1 Å². The van der Waals surface area contributed by atoms with Gasteiger partial charge < -0.3 is 20.7 Å². The van der Waals surface area contributed by atoms with E-state index in [0.717, 1.165) is 48.4 Å². The fraction of sp³-hybridized carbons (Fsp3) is 0.483. The van der Waals surface area contributed by atoms with Crippen molar-refractivity contribution >= 4 is 28.3 Å². The van der Waals surface area contributed by atoms with Gasteiger partial charge in [-0.05, 0) is 87.3 Å². The molecule has 3 aromatic rings. The number of anilines is 2. The number of rotatable bonds is 6. The lowest BCUT2D eigenvalue weighted by atomic mass is 9.77. The number of aryl methyl sites for hydroxylation is 1. The lowest BCUT2D eigenvalue weighted by molar-refractivity contribution is -0.138. The third-order valence-electron chi connectivity index (χ3n) is 7.71. The number of methoxy groups -OCH3 is 1. The van der Waals surface area contributed by atoms with Crippen LogP contribution in [0.3, 0.4) is 0 Å². The number of fused-ring (bicyclic) bond motifs is 1. The smallest absolute Gasteiger partial charge is 0.416 e. The Bertz CT molecular complexity index is 1380. The van der Waals surface area contributed by atoms with Crippen LogP contribution in [0, 0.1) is 19.8 Å². The van der Waals surface area contributed by atoms with Crippen molar-refractivity contribution in [3.8, 4) is 5.75 Å². The Labute approximate surface area is 226 Å². The Morgan fingerprint density at radius 2 is 1.77 bits per heavy atom. The zero-order valence-corrected chi connectivity index (χ0v) is 23.2. The number of hydrogen-bond donors (Lipinski definition) is 2. The highest BCUT2D eigenvalue weighted by Gasteiger charge is 2.34. The first-order valence-corrected chi connectivity index (χ1v) is 13.1. The van der Waals surface area contributed by atoms with Crippen molar-refractivity contribution in [1.29, 1.82) is 0 Å². The molecule has 39 heavy (non-hydrogen) atoms. The van der Waals surface area contributed by atoms with Gasteiger partial charge in [0.1, 0.15) is 17.4 Å². The molecule has 10 heteroatoms. The van der Waals surface area contributed by atoms with Crippen molar-refractivity contribution < 1.29 is 22.7 Å². The summed E-state index contributed by atoms with van der Waals surface area (Å²) in [6.45, 7) is 5.02. The van der Waals surface area contributed by atoms with Crippen LogP contribution in [0.25, 0.3) is 10.9 Å². The second-order valence-electron chi connectivity index (χ2n) is 10.7. The van der Waals surface area contributed by atoms with Gasteiger partial charge in [0.15, 0.2) is 0 Å². The standard InChI is InChI=1S/C29H36F3N5O2/c1-15-21(11-20(33)12-24(15)29(30,31)32)16(2)34-27-23-13-22(26(39-6)14-25(23)35-17(3)36-27)18-7-9-19(10-8-18)28(38)37(4)5/h11-14,16,18-19H,7-10,33H2,1-6H3,(H,34,35,36)/t16-,18-,19+/m1/s1. The van der Waals surface area contributed by atoms with E-state index < -0.39 is 17.8 Å². The molecule has 1 atom stereocenters. The van der Waals surface area contributed by atoms with E-state index in [1.165, 1.54) is 6.92 Å². The molecular formula is C29H36F3N5O2. The number of amides is 1. The maximum absolute atomic E-state index is 13.6. The van der Waals surface area contributed by atoms with Crippen LogP contribution in [0.2, 0.25) is 0 Å². The Morgan fingerprint density at radius 3 is 2.36 bits per heavy atom. The van der Waals surface area contributed by atoms with Crippen molar-refractivity contribution in [2.24, 2.45) is 5.92 Å². The SMILES string of the molecule is COc1cc2nc(C)nc(N[C@H](C)c3cc(N)cc(C(F)(F)F)c3C)c2cc1[C@H]1CC[C@@H](C(=O)N(C)C)CC1. The number of nitrogen functional groups attached to an aromatic ring is 1. The van der Waals surface area contributed by atoms with Crippen LogP contribution < -0.4 is 15.8 Å². The van der Waals surface area contributed by atoms with Gasteiger partial charge in [-0.1, -0.05) is 0 Å². The maximum Gasteiger partial charge on any atom is 0.416 e. The van der Waals surface area contributed by atoms with Crippen molar-refractivity contribution in [2.45, 2.75) is 64.6 Å². The van der Waals surface area contributed by atoms with Gasteiger partial charge in [0.05, 0.1) is 24.2 Å². The Hall–Kier alpha value is -3.56. The molecular weight excluding hydrogens is 507 g/mol. The predicted octanol–water partition coefficient (Wildman–Crippen LogP) is 6.39. The second-order valence-corrected chi connectivity index (χ2v) is 10.7. The van der Waals surface area contributed by atoms with Crippen LogP contribution in [0.4, 0.5) is 24.7 Å². The molecule has 1 fully saturated rings. The van der Waals surface area contributed by atoms with E-state index in [2.05, 4.69) is 15.3 Å². The molecule has 0 radical (unpaired) electrons. The van der Waals surface area contributed by atoms with Gasteiger partial charge in [-0.15, -0.1) is 0 Å². The van der Waals surface area contributed by atoms with Crippen LogP contribution in [0.15, 0.2) is 24.3 Å². The number of hydrogen-bond acceptors (Lipinski definition) is 6. The number of ether oxygens (including phenoxy) is 1. The van der Waals surface area contributed by atoms with Gasteiger partial charge in [0, 0.05) is 37.2 Å². The summed E-state index contributed by atoms with van der Waals surface area (Å²) in [6.07, 6.45) is -1.22. The number of carbonyl (C=O) groups is 1. The molecule has 1 amide bonds. The third-order valence-corrected chi connectivity index (χ3v) is 7.71. The van der Waals surface area contributed by atoms with Crippen LogP contribution >= 0.6 is 0 Å². The highest BCUT2D eigenvalue weighted by Crippen LogP contribution is 2.43. The molecule has 3 N–H and O–H groups in total. The first kappa shape index (κ1) is 28.4. The number of nitrogens with one attached hydrogen (secondary N) is 1. The molecule has 2 aromatic carbocycles. The summed E-state index contributed by atoms with van der Waals surface area (Å²) < 4.78 is 46.6. The molecule has 0 spiro atoms. The largest absolute Gasteiger partial charge is 0.496 e. The number of alkyl halides is 3. The molecule has 1 aliphatic rings. The van der Waals surface area contributed by atoms with Gasteiger partial charge in [0.25, 0.3) is 0 Å². The molecule has 1 aromatic heterocycles. The van der Waals surface area contributed by atoms with Crippen molar-refractivity contribution in [2.75, 3.05) is 32.3 Å². The normalized spacial score (nSPS) is 18.6. The minimum Gasteiger partial charge on any atom is -0.496 e. The van der Waals surface area contributed by atoms with E-state index in [9.17, 15) is 18.0 Å². The number of nitrogens with two attached hydrogens (primary N) is 1. The molecule has 7 nitrogen and oxygen atoms in total. The maximum atomic E-state index is 13.6. The van der Waals surface area contributed by atoms with Crippen LogP contribution in [-0.2, 0) is 11.0 Å². The molecule has 1 heterocycles. The molecule has 0 aliphatic heterocycles. The summed E-state index contributed by atoms with van der Waals surface area (Å²) in [7, 11) is 5.20.